The molecule has 0 spiro atoms. The number of ether oxygens (including phenoxy) is 2. The second-order valence-corrected chi connectivity index (χ2v) is 16.3. The Labute approximate surface area is 335 Å². The summed E-state index contributed by atoms with van der Waals surface area (Å²) < 4.78 is 15.0. The maximum atomic E-state index is 12.9. The lowest BCUT2D eigenvalue weighted by Gasteiger charge is -2.32. The van der Waals surface area contributed by atoms with Crippen molar-refractivity contribution in [3.63, 3.8) is 0 Å². The van der Waals surface area contributed by atoms with Crippen LogP contribution in [0.15, 0.2) is 18.7 Å². The third kappa shape index (κ3) is 31.7. The molecule has 1 aromatic rings. The molecule has 1 rings (SSSR count). The summed E-state index contributed by atoms with van der Waals surface area (Å²) in [6, 6.07) is 0. The zero-order valence-corrected chi connectivity index (χ0v) is 36.3. The topological polar surface area (TPSA) is 76.8 Å². The first kappa shape index (κ1) is 50.6. The van der Waals surface area contributed by atoms with Gasteiger partial charge in [-0.05, 0) is 70.6 Å². The van der Waals surface area contributed by atoms with Gasteiger partial charge in [0, 0.05) is 51.7 Å². The number of aryl methyl sites for hydroxylation is 1. The first-order valence-corrected chi connectivity index (χ1v) is 23.8. The Morgan fingerprint density at radius 1 is 0.611 bits per heavy atom. The molecule has 0 radical (unpaired) electrons. The molecule has 7 nitrogen and oxygen atoms in total. The summed E-state index contributed by atoms with van der Waals surface area (Å²) >= 11 is 0. The average Bonchev–Trinajstić information content (AvgIpc) is 3.70. The summed E-state index contributed by atoms with van der Waals surface area (Å²) in [6.45, 7) is 11.0. The van der Waals surface area contributed by atoms with E-state index in [2.05, 4.69) is 41.4 Å². The van der Waals surface area contributed by atoms with Crippen molar-refractivity contribution >= 4 is 5.97 Å². The fourth-order valence-electron chi connectivity index (χ4n) is 7.64. The number of aliphatic hydroxyl groups is 1. The first-order valence-electron chi connectivity index (χ1n) is 23.8. The Bertz CT molecular complexity index is 866. The maximum Gasteiger partial charge on any atom is 0.306 e. The molecule has 0 amide bonds. The highest BCUT2D eigenvalue weighted by atomic mass is 16.5. The van der Waals surface area contributed by atoms with Crippen LogP contribution >= 0.6 is 0 Å². The lowest BCUT2D eigenvalue weighted by molar-refractivity contribution is -0.150. The number of esters is 1. The van der Waals surface area contributed by atoms with Gasteiger partial charge >= 0.3 is 5.97 Å². The van der Waals surface area contributed by atoms with E-state index in [1.54, 1.807) is 0 Å². The number of rotatable bonds is 43. The van der Waals surface area contributed by atoms with Crippen LogP contribution in [-0.4, -0.2) is 64.2 Å². The minimum atomic E-state index is 0.0287. The van der Waals surface area contributed by atoms with E-state index in [0.29, 0.717) is 13.0 Å². The Morgan fingerprint density at radius 2 is 1.11 bits per heavy atom. The van der Waals surface area contributed by atoms with Crippen LogP contribution in [0, 0.1) is 0 Å². The summed E-state index contributed by atoms with van der Waals surface area (Å²) in [7, 11) is 0. The summed E-state index contributed by atoms with van der Waals surface area (Å²) in [5.41, 5.74) is 0. The highest BCUT2D eigenvalue weighted by molar-refractivity contribution is 5.69. The summed E-state index contributed by atoms with van der Waals surface area (Å²) in [5, 5.41) is 9.26. The lowest BCUT2D eigenvalue weighted by atomic mass is 10.0. The van der Waals surface area contributed by atoms with E-state index in [9.17, 15) is 9.90 Å². The van der Waals surface area contributed by atoms with Crippen molar-refractivity contribution < 1.29 is 19.4 Å². The van der Waals surface area contributed by atoms with E-state index in [1.807, 2.05) is 12.5 Å². The molecule has 1 unspecified atom stereocenters. The maximum absolute atomic E-state index is 12.9. The largest absolute Gasteiger partial charge is 0.462 e. The summed E-state index contributed by atoms with van der Waals surface area (Å²) in [6.07, 6.45) is 45.3. The number of unbranched alkanes of at least 4 members (excludes halogenated alkanes) is 23. The van der Waals surface area contributed by atoms with E-state index in [-0.39, 0.29) is 18.3 Å². The van der Waals surface area contributed by atoms with Crippen LogP contribution in [0.4, 0.5) is 0 Å². The van der Waals surface area contributed by atoms with Crippen LogP contribution in [0.5, 0.6) is 0 Å². The van der Waals surface area contributed by atoms with Crippen molar-refractivity contribution in [2.75, 3.05) is 26.3 Å². The van der Waals surface area contributed by atoms with E-state index >= 15 is 0 Å². The minimum Gasteiger partial charge on any atom is -0.462 e. The van der Waals surface area contributed by atoms with Crippen molar-refractivity contribution in [2.45, 2.75) is 252 Å². The zero-order valence-electron chi connectivity index (χ0n) is 36.3. The Kier molecular flexibility index (Phi) is 37.3. The van der Waals surface area contributed by atoms with Crippen LogP contribution in [0.1, 0.15) is 233 Å². The van der Waals surface area contributed by atoms with Crippen LogP contribution in [-0.2, 0) is 20.8 Å². The molecule has 0 aromatic carbocycles. The van der Waals surface area contributed by atoms with Crippen LogP contribution < -0.4 is 0 Å². The fourth-order valence-corrected chi connectivity index (χ4v) is 7.64. The molecule has 0 aliphatic heterocycles. The predicted molar refractivity (Wildman–Crippen MR) is 230 cm³/mol. The normalized spacial score (nSPS) is 12.3. The van der Waals surface area contributed by atoms with Gasteiger partial charge in [0.2, 0.25) is 0 Å². The summed E-state index contributed by atoms with van der Waals surface area (Å²) in [4.78, 5) is 19.8. The number of aromatic nitrogens is 2. The van der Waals surface area contributed by atoms with Gasteiger partial charge in [0.05, 0.1) is 6.33 Å². The SMILES string of the molecule is CCCCCCCCCOC(CCCCCCO)N(CCCCCCCC(=O)OC(CCCCCCCC)CCCCCCCC)CCCn1ccnc1. The van der Waals surface area contributed by atoms with Gasteiger partial charge in [-0.1, -0.05) is 156 Å². The smallest absolute Gasteiger partial charge is 0.306 e. The molecule has 0 fully saturated rings. The van der Waals surface area contributed by atoms with Gasteiger partial charge in [-0.15, -0.1) is 0 Å². The molecule has 0 aliphatic rings. The van der Waals surface area contributed by atoms with Crippen molar-refractivity contribution in [3.8, 4) is 0 Å². The number of nitrogens with zero attached hydrogens (tertiary/aromatic N) is 3. The van der Waals surface area contributed by atoms with Crippen LogP contribution in [0.25, 0.3) is 0 Å². The van der Waals surface area contributed by atoms with E-state index in [0.717, 1.165) is 103 Å². The molecule has 1 N–H and O–H groups in total. The molecule has 1 atom stereocenters. The minimum absolute atomic E-state index is 0.0287. The molecule has 318 valence electrons. The summed E-state index contributed by atoms with van der Waals surface area (Å²) in [5.74, 6) is 0.0287. The van der Waals surface area contributed by atoms with E-state index in [4.69, 9.17) is 9.47 Å². The van der Waals surface area contributed by atoms with Gasteiger partial charge < -0.3 is 19.1 Å². The van der Waals surface area contributed by atoms with Gasteiger partial charge in [0.15, 0.2) is 0 Å². The van der Waals surface area contributed by atoms with Gasteiger partial charge in [0.25, 0.3) is 0 Å². The molecule has 1 aromatic heterocycles. The molecule has 54 heavy (non-hydrogen) atoms. The molecule has 0 bridgehead atoms. The standard InChI is InChI=1S/C47H91N3O4/c1-4-7-10-13-16-24-31-43-53-46(35-27-21-23-30-42-51)50(40-32-38-49-41-37-48-44-49)39-29-22-17-20-28-36-47(52)54-45(33-25-18-14-11-8-5-2)34-26-19-15-12-9-6-3/h37,41,44-46,51H,4-36,38-40,42-43H2,1-3H3. The van der Waals surface area contributed by atoms with Crippen molar-refractivity contribution in [1.29, 1.82) is 0 Å². The van der Waals surface area contributed by atoms with Crippen molar-refractivity contribution in [1.82, 2.24) is 14.5 Å². The Hall–Kier alpha value is -1.44. The average molecular weight is 762 g/mol. The van der Waals surface area contributed by atoms with Crippen molar-refractivity contribution in [2.24, 2.45) is 0 Å². The monoisotopic (exact) mass is 762 g/mol. The second kappa shape index (κ2) is 39.8. The molecular weight excluding hydrogens is 671 g/mol. The molecule has 0 saturated carbocycles. The third-order valence-corrected chi connectivity index (χ3v) is 11.1. The molecule has 7 heteroatoms. The molecule has 1 heterocycles. The van der Waals surface area contributed by atoms with Gasteiger partial charge in [0.1, 0.15) is 12.3 Å². The van der Waals surface area contributed by atoms with Crippen LogP contribution in [0.3, 0.4) is 0 Å². The highest BCUT2D eigenvalue weighted by Gasteiger charge is 2.19. The highest BCUT2D eigenvalue weighted by Crippen LogP contribution is 2.20. The number of hydrogen-bond acceptors (Lipinski definition) is 6. The Morgan fingerprint density at radius 3 is 1.69 bits per heavy atom. The number of hydrogen-bond donors (Lipinski definition) is 1. The van der Waals surface area contributed by atoms with Gasteiger partial charge in [-0.2, -0.15) is 0 Å². The zero-order chi connectivity index (χ0) is 39.0. The van der Waals surface area contributed by atoms with Gasteiger partial charge in [-0.3, -0.25) is 9.69 Å². The molecular formula is C47H91N3O4. The fraction of sp³-hybridized carbons (Fsp3) is 0.915. The number of carbonyl (C=O) groups is 1. The van der Waals surface area contributed by atoms with Crippen molar-refractivity contribution in [3.05, 3.63) is 18.7 Å². The van der Waals surface area contributed by atoms with Crippen LogP contribution in [0.2, 0.25) is 0 Å². The number of aliphatic hydroxyl groups excluding tert-OH is 1. The van der Waals surface area contributed by atoms with E-state index in [1.165, 1.54) is 128 Å². The quantitative estimate of drug-likeness (QED) is 0.0406. The van der Waals surface area contributed by atoms with Gasteiger partial charge in [-0.25, -0.2) is 4.98 Å². The Balaban J connectivity index is 2.54. The number of carbonyl (C=O) groups excluding carboxylic acids is 1. The molecule has 0 aliphatic carbocycles. The second-order valence-electron chi connectivity index (χ2n) is 16.3. The lowest BCUT2D eigenvalue weighted by Crippen LogP contribution is -2.39. The predicted octanol–water partition coefficient (Wildman–Crippen LogP) is 13.4. The van der Waals surface area contributed by atoms with E-state index < -0.39 is 0 Å². The first-order chi connectivity index (χ1) is 26.6. The third-order valence-electron chi connectivity index (χ3n) is 11.1. The molecule has 0 saturated heterocycles. The number of imidazole rings is 1.